The fourth-order valence-electron chi connectivity index (χ4n) is 8.46. The van der Waals surface area contributed by atoms with Crippen LogP contribution in [-0.4, -0.2) is 82.7 Å². The summed E-state index contributed by atoms with van der Waals surface area (Å²) in [6.07, 6.45) is -3.81. The van der Waals surface area contributed by atoms with E-state index in [1.807, 2.05) is 6.07 Å². The fraction of sp³-hybridized carbons (Fsp3) is 0.525. The van der Waals surface area contributed by atoms with E-state index in [1.165, 1.54) is 0 Å². The van der Waals surface area contributed by atoms with Gasteiger partial charge in [0.05, 0.1) is 47.2 Å². The van der Waals surface area contributed by atoms with E-state index >= 15 is 22.0 Å². The van der Waals surface area contributed by atoms with Gasteiger partial charge in [0, 0.05) is 34.8 Å². The third-order valence-corrected chi connectivity index (χ3v) is 11.9. The highest BCUT2D eigenvalue weighted by Gasteiger charge is 2.53. The van der Waals surface area contributed by atoms with Crippen molar-refractivity contribution in [1.82, 2.24) is 14.9 Å². The lowest BCUT2D eigenvalue weighted by Crippen LogP contribution is -2.57. The Kier molecular flexibility index (Phi) is 9.46. The first-order valence-electron chi connectivity index (χ1n) is 18.9. The summed E-state index contributed by atoms with van der Waals surface area (Å²) in [5, 5.41) is 11.9. The highest BCUT2D eigenvalue weighted by Crippen LogP contribution is 2.51. The summed E-state index contributed by atoms with van der Waals surface area (Å²) in [5.41, 5.74) is -5.69. The van der Waals surface area contributed by atoms with Gasteiger partial charge < -0.3 is 23.8 Å². The van der Waals surface area contributed by atoms with Crippen molar-refractivity contribution < 1.29 is 50.5 Å². The SMILES string of the molecule is CC(C)(C)OC(=O)Nc1sc2c(F)ccc(-c3c(C(F)(F)F)cc4c(N5CC6CCC(C5)N6C(=O)OC(C)(C)C)nc(OCC56COC(C5)C6)nc4c3F)c2c1C#N. The molecule has 2 aromatic carbocycles. The molecule has 4 bridgehead atoms. The molecule has 2 atom stereocenters. The molecule has 0 spiro atoms. The van der Waals surface area contributed by atoms with Gasteiger partial charge in [0.15, 0.2) is 5.82 Å². The highest BCUT2D eigenvalue weighted by molar-refractivity contribution is 7.23. The number of alkyl halides is 3. The lowest BCUT2D eigenvalue weighted by atomic mass is 9.71. The minimum atomic E-state index is -5.17. The number of halogens is 5. The smallest absolute Gasteiger partial charge is 0.417 e. The van der Waals surface area contributed by atoms with Crippen LogP contribution in [0.4, 0.5) is 42.4 Å². The molecular weight excluding hydrogens is 788 g/mol. The van der Waals surface area contributed by atoms with Crippen LogP contribution in [-0.2, 0) is 20.4 Å². The summed E-state index contributed by atoms with van der Waals surface area (Å²) >= 11 is 0.605. The lowest BCUT2D eigenvalue weighted by molar-refractivity contribution is -0.137. The van der Waals surface area contributed by atoms with Gasteiger partial charge in [-0.25, -0.2) is 18.4 Å². The molecule has 4 saturated heterocycles. The number of nitriles is 1. The molecule has 1 N–H and O–H groups in total. The third-order valence-electron chi connectivity index (χ3n) is 10.8. The molecule has 5 fully saturated rings. The average molecular weight is 829 g/mol. The first-order chi connectivity index (χ1) is 27.1. The Bertz CT molecular complexity index is 2380. The molecule has 2 amide bonds. The summed E-state index contributed by atoms with van der Waals surface area (Å²) in [5.74, 6) is -2.31. The molecule has 1 saturated carbocycles. The molecule has 12 nitrogen and oxygen atoms in total. The Morgan fingerprint density at radius 3 is 2.29 bits per heavy atom. The number of carbonyl (C=O) groups excluding carboxylic acids is 2. The molecule has 18 heteroatoms. The summed E-state index contributed by atoms with van der Waals surface area (Å²) in [6, 6.07) is 3.48. The predicted octanol–water partition coefficient (Wildman–Crippen LogP) is 9.17. The lowest BCUT2D eigenvalue weighted by Gasteiger charge is -2.42. The van der Waals surface area contributed by atoms with Gasteiger partial charge in [0.1, 0.15) is 39.4 Å². The number of nitrogens with one attached hydrogen (secondary N) is 1. The second kappa shape index (κ2) is 13.8. The Morgan fingerprint density at radius 1 is 1.03 bits per heavy atom. The molecule has 4 aromatic rings. The van der Waals surface area contributed by atoms with Crippen molar-refractivity contribution in [2.45, 2.75) is 103 Å². The van der Waals surface area contributed by atoms with Crippen LogP contribution >= 0.6 is 11.3 Å². The van der Waals surface area contributed by atoms with Gasteiger partial charge in [0.2, 0.25) is 0 Å². The van der Waals surface area contributed by atoms with Crippen LogP contribution in [0.2, 0.25) is 0 Å². The molecule has 1 aliphatic carbocycles. The predicted molar refractivity (Wildman–Crippen MR) is 204 cm³/mol. The van der Waals surface area contributed by atoms with Gasteiger partial charge >= 0.3 is 24.4 Å². The maximum absolute atomic E-state index is 17.4. The summed E-state index contributed by atoms with van der Waals surface area (Å²) < 4.78 is 101. The van der Waals surface area contributed by atoms with E-state index in [4.69, 9.17) is 18.9 Å². The van der Waals surface area contributed by atoms with Crippen molar-refractivity contribution in [3.8, 4) is 23.2 Å². The molecule has 2 unspecified atom stereocenters. The standard InChI is InChI=1S/C40H41F5N6O6S/c1-37(2,3)56-35(52)49-33-24(14-46)27-22(9-10-26(41)31(27)58-33)28-25(40(43,44)45)11-23-30(29(28)42)47-34(55-18-39-12-21(13-39)54-17-39)48-32(23)50-15-19-7-8-20(16-50)51(19)36(53)57-38(4,5)6/h9-11,19-21H,7-8,12-13,15-18H2,1-6H3,(H,49,52). The number of hydrogen-bond donors (Lipinski definition) is 1. The Balaban J connectivity index is 1.28. The minimum absolute atomic E-state index is 0.00954. The van der Waals surface area contributed by atoms with Crippen molar-refractivity contribution in [1.29, 1.82) is 5.26 Å². The van der Waals surface area contributed by atoms with E-state index in [0.717, 1.165) is 31.0 Å². The van der Waals surface area contributed by atoms with Crippen LogP contribution < -0.4 is 15.0 Å². The average Bonchev–Trinajstić information content (AvgIpc) is 3.86. The zero-order valence-corrected chi connectivity index (χ0v) is 33.4. The number of nitrogens with zero attached hydrogens (tertiary/aromatic N) is 5. The van der Waals surface area contributed by atoms with Crippen LogP contribution in [0.15, 0.2) is 18.2 Å². The molecule has 6 heterocycles. The highest BCUT2D eigenvalue weighted by atomic mass is 32.1. The summed E-state index contributed by atoms with van der Waals surface area (Å²) in [6.45, 7) is 11.0. The first kappa shape index (κ1) is 39.8. The number of aromatic nitrogens is 2. The molecule has 5 aliphatic rings. The maximum Gasteiger partial charge on any atom is 0.417 e. The molecule has 58 heavy (non-hydrogen) atoms. The van der Waals surface area contributed by atoms with E-state index in [0.29, 0.717) is 30.8 Å². The zero-order chi connectivity index (χ0) is 41.7. The van der Waals surface area contributed by atoms with Crippen LogP contribution in [0, 0.1) is 28.4 Å². The van der Waals surface area contributed by atoms with Crippen molar-refractivity contribution in [2.75, 3.05) is 36.5 Å². The van der Waals surface area contributed by atoms with Gasteiger partial charge in [-0.05, 0) is 84.9 Å². The Hall–Kier alpha value is -5.02. The second-order valence-corrected chi connectivity index (χ2v) is 18.5. The number of carbonyl (C=O) groups is 2. The van der Waals surface area contributed by atoms with Gasteiger partial charge in [-0.1, -0.05) is 6.07 Å². The zero-order valence-electron chi connectivity index (χ0n) is 32.6. The molecular formula is C40H41F5N6O6S. The number of ether oxygens (including phenoxy) is 4. The van der Waals surface area contributed by atoms with Crippen molar-refractivity contribution in [3.05, 3.63) is 41.0 Å². The van der Waals surface area contributed by atoms with Crippen molar-refractivity contribution in [2.24, 2.45) is 5.41 Å². The maximum atomic E-state index is 17.4. The number of anilines is 2. The van der Waals surface area contributed by atoms with E-state index in [-0.39, 0.29) is 81.2 Å². The number of benzene rings is 2. The molecule has 308 valence electrons. The molecule has 4 aliphatic heterocycles. The van der Waals surface area contributed by atoms with Gasteiger partial charge in [-0.3, -0.25) is 10.2 Å². The largest absolute Gasteiger partial charge is 0.463 e. The second-order valence-electron chi connectivity index (χ2n) is 17.5. The normalized spacial score (nSPS) is 22.9. The Labute approximate surface area is 334 Å². The fourth-order valence-corrected chi connectivity index (χ4v) is 9.52. The number of rotatable bonds is 6. The number of amides is 2. The van der Waals surface area contributed by atoms with E-state index in [1.54, 1.807) is 51.3 Å². The summed E-state index contributed by atoms with van der Waals surface area (Å²) in [7, 11) is 0. The quantitative estimate of drug-likeness (QED) is 0.187. The number of hydrogen-bond acceptors (Lipinski definition) is 11. The van der Waals surface area contributed by atoms with E-state index < -0.39 is 63.4 Å². The Morgan fingerprint density at radius 2 is 1.71 bits per heavy atom. The van der Waals surface area contributed by atoms with Gasteiger partial charge in [-0.2, -0.15) is 28.4 Å². The molecule has 9 rings (SSSR count). The third kappa shape index (κ3) is 7.20. The topological polar surface area (TPSA) is 139 Å². The number of piperazine rings is 1. The summed E-state index contributed by atoms with van der Waals surface area (Å²) in [4.78, 5) is 38.3. The van der Waals surface area contributed by atoms with Crippen LogP contribution in [0.5, 0.6) is 6.01 Å². The van der Waals surface area contributed by atoms with Crippen molar-refractivity contribution in [3.63, 3.8) is 0 Å². The van der Waals surface area contributed by atoms with E-state index in [2.05, 4.69) is 15.3 Å². The molecule has 2 aromatic heterocycles. The van der Waals surface area contributed by atoms with E-state index in [9.17, 15) is 14.9 Å². The number of thiophene rings is 1. The number of fused-ring (bicyclic) bond motifs is 5. The first-order valence-corrected chi connectivity index (χ1v) is 19.7. The molecule has 0 radical (unpaired) electrons. The monoisotopic (exact) mass is 828 g/mol. The van der Waals surface area contributed by atoms with Crippen LogP contribution in [0.1, 0.15) is 78.4 Å². The van der Waals surface area contributed by atoms with Gasteiger partial charge in [0.25, 0.3) is 0 Å². The van der Waals surface area contributed by atoms with Crippen molar-refractivity contribution >= 4 is 55.3 Å². The van der Waals surface area contributed by atoms with Gasteiger partial charge in [-0.15, -0.1) is 11.3 Å². The minimum Gasteiger partial charge on any atom is -0.463 e. The van der Waals surface area contributed by atoms with Crippen LogP contribution in [0.3, 0.4) is 0 Å². The van der Waals surface area contributed by atoms with Crippen LogP contribution in [0.25, 0.3) is 32.1 Å².